The molecule has 2 heterocycles. The Morgan fingerprint density at radius 3 is 2.13 bits per heavy atom. The van der Waals surface area contributed by atoms with Crippen molar-refractivity contribution in [1.82, 2.24) is 10.6 Å². The Bertz CT molecular complexity index is 1030. The number of ether oxygens (including phenoxy) is 3. The Labute approximate surface area is 223 Å². The molecular weight excluding hydrogens is 550 g/mol. The van der Waals surface area contributed by atoms with E-state index in [-0.39, 0.29) is 10.0 Å². The number of nitrogens with two attached hydrogens (primary N) is 1. The number of hydrogen-bond donors (Lipinski definition) is 10. The van der Waals surface area contributed by atoms with Gasteiger partial charge < -0.3 is 60.6 Å². The molecule has 0 radical (unpaired) electrons. The number of benzene rings is 1. The number of hydrogen-bond acceptors (Lipinski definition) is 13. The standard InChI is InChI=1S/C21H33N3O12S2/c22-38(32,33)10-3-1-9(2-4-10)5-6-23-21(37)24-19-16(30)15(29)18(12(8-26)34-19)36-20-17(31)14(28)13(27)11(7-25)35-20/h1-4,11-20,25-31H,5-8H2,(H2,22,32,33)(H2,23,24,37)/t11-,12-,13-,14+,15-,16-,17-,18-,19-,20-/m1/s1. The van der Waals surface area contributed by atoms with E-state index in [0.717, 1.165) is 5.56 Å². The van der Waals surface area contributed by atoms with E-state index in [1.807, 2.05) is 0 Å². The highest BCUT2D eigenvalue weighted by Gasteiger charge is 2.50. The van der Waals surface area contributed by atoms with E-state index in [9.17, 15) is 44.2 Å². The lowest BCUT2D eigenvalue weighted by Gasteiger charge is -2.46. The second-order valence-electron chi connectivity index (χ2n) is 8.90. The summed E-state index contributed by atoms with van der Waals surface area (Å²) in [6.07, 6.45) is -14.8. The van der Waals surface area contributed by atoms with Crippen LogP contribution in [-0.4, -0.2) is 130 Å². The quantitative estimate of drug-likeness (QED) is 0.122. The van der Waals surface area contributed by atoms with Gasteiger partial charge >= 0.3 is 0 Å². The van der Waals surface area contributed by atoms with Gasteiger partial charge in [0.05, 0.1) is 18.1 Å². The maximum absolute atomic E-state index is 11.3. The average Bonchev–Trinajstić information content (AvgIpc) is 2.88. The molecule has 2 fully saturated rings. The van der Waals surface area contributed by atoms with Crippen LogP contribution in [0.1, 0.15) is 5.56 Å². The summed E-state index contributed by atoms with van der Waals surface area (Å²) in [4.78, 5) is -0.0133. The third-order valence-electron chi connectivity index (χ3n) is 6.23. The maximum atomic E-state index is 11.3. The summed E-state index contributed by atoms with van der Waals surface area (Å²) in [5.41, 5.74) is 0.797. The molecule has 2 saturated heterocycles. The van der Waals surface area contributed by atoms with Gasteiger partial charge in [0.1, 0.15) is 48.8 Å². The van der Waals surface area contributed by atoms with Crippen LogP contribution in [0.25, 0.3) is 0 Å². The minimum Gasteiger partial charge on any atom is -0.394 e. The SMILES string of the molecule is NS(=O)(=O)c1ccc(CCNC(=S)N[C@@H]2O[C@H](CO)[C@@H](O[C@H]3O[C@H](CO)[C@@H](O)[C@H](O)[C@H]3O)[C@H](O)[C@H]2O)cc1. The summed E-state index contributed by atoms with van der Waals surface area (Å²) in [6, 6.07) is 5.96. The fourth-order valence-corrected chi connectivity index (χ4v) is 4.79. The van der Waals surface area contributed by atoms with Gasteiger partial charge in [-0.2, -0.15) is 0 Å². The number of sulfonamides is 1. The molecule has 38 heavy (non-hydrogen) atoms. The van der Waals surface area contributed by atoms with Gasteiger partial charge in [0.15, 0.2) is 17.6 Å². The van der Waals surface area contributed by atoms with Crippen molar-refractivity contribution in [1.29, 1.82) is 0 Å². The van der Waals surface area contributed by atoms with E-state index in [4.69, 9.17) is 31.6 Å². The van der Waals surface area contributed by atoms with E-state index < -0.39 is 84.6 Å². The highest BCUT2D eigenvalue weighted by atomic mass is 32.2. The van der Waals surface area contributed by atoms with E-state index >= 15 is 0 Å². The predicted molar refractivity (Wildman–Crippen MR) is 132 cm³/mol. The molecule has 0 saturated carbocycles. The van der Waals surface area contributed by atoms with Gasteiger partial charge in [-0.05, 0) is 36.3 Å². The van der Waals surface area contributed by atoms with Crippen molar-refractivity contribution < 1.29 is 58.4 Å². The summed E-state index contributed by atoms with van der Waals surface area (Å²) in [5.74, 6) is 0. The zero-order chi connectivity index (χ0) is 28.2. The van der Waals surface area contributed by atoms with Crippen molar-refractivity contribution in [3.63, 3.8) is 0 Å². The zero-order valence-electron chi connectivity index (χ0n) is 20.0. The van der Waals surface area contributed by atoms with Crippen molar-refractivity contribution in [2.75, 3.05) is 19.8 Å². The van der Waals surface area contributed by atoms with E-state index in [1.54, 1.807) is 12.1 Å². The van der Waals surface area contributed by atoms with Gasteiger partial charge in [-0.3, -0.25) is 0 Å². The van der Waals surface area contributed by atoms with Crippen molar-refractivity contribution in [2.24, 2.45) is 5.14 Å². The minimum atomic E-state index is -3.79. The smallest absolute Gasteiger partial charge is 0.238 e. The van der Waals surface area contributed by atoms with Crippen LogP contribution in [0.3, 0.4) is 0 Å². The zero-order valence-corrected chi connectivity index (χ0v) is 21.6. The van der Waals surface area contributed by atoms with Crippen molar-refractivity contribution >= 4 is 27.4 Å². The van der Waals surface area contributed by atoms with Crippen LogP contribution >= 0.6 is 12.2 Å². The molecule has 15 nitrogen and oxygen atoms in total. The minimum absolute atomic E-state index is 0.0133. The summed E-state index contributed by atoms with van der Waals surface area (Å²) < 4.78 is 39.0. The predicted octanol–water partition coefficient (Wildman–Crippen LogP) is -5.04. The molecule has 10 atom stereocenters. The molecule has 1 aromatic rings. The van der Waals surface area contributed by atoms with Crippen LogP contribution in [0.15, 0.2) is 29.2 Å². The Kier molecular flexibility index (Phi) is 10.7. The van der Waals surface area contributed by atoms with Gasteiger partial charge in [0.25, 0.3) is 0 Å². The van der Waals surface area contributed by atoms with Crippen molar-refractivity contribution in [3.05, 3.63) is 29.8 Å². The van der Waals surface area contributed by atoms with Crippen molar-refractivity contribution in [2.45, 2.75) is 72.7 Å². The van der Waals surface area contributed by atoms with E-state index in [1.165, 1.54) is 12.1 Å². The number of primary sulfonamides is 1. The third-order valence-corrected chi connectivity index (χ3v) is 7.42. The maximum Gasteiger partial charge on any atom is 0.238 e. The fourth-order valence-electron chi connectivity index (χ4n) is 4.06. The van der Waals surface area contributed by atoms with Gasteiger partial charge in [0.2, 0.25) is 10.0 Å². The highest BCUT2D eigenvalue weighted by Crippen LogP contribution is 2.28. The summed E-state index contributed by atoms with van der Waals surface area (Å²) in [5, 5.41) is 81.1. The number of rotatable bonds is 9. The van der Waals surface area contributed by atoms with Gasteiger partial charge in [-0.25, -0.2) is 13.6 Å². The van der Waals surface area contributed by atoms with Crippen LogP contribution in [0.2, 0.25) is 0 Å². The van der Waals surface area contributed by atoms with Gasteiger partial charge in [0, 0.05) is 6.54 Å². The lowest BCUT2D eigenvalue weighted by Crippen LogP contribution is -2.67. The van der Waals surface area contributed by atoms with E-state index in [2.05, 4.69) is 10.6 Å². The lowest BCUT2D eigenvalue weighted by molar-refractivity contribution is -0.342. The fraction of sp³-hybridized carbons (Fsp3) is 0.667. The normalized spacial score (nSPS) is 36.0. The average molecular weight is 584 g/mol. The van der Waals surface area contributed by atoms with Crippen molar-refractivity contribution in [3.8, 4) is 0 Å². The third kappa shape index (κ3) is 7.33. The lowest BCUT2D eigenvalue weighted by atomic mass is 9.96. The van der Waals surface area contributed by atoms with Crippen LogP contribution in [-0.2, 0) is 30.7 Å². The first-order chi connectivity index (χ1) is 17.9. The van der Waals surface area contributed by atoms with Crippen LogP contribution in [0.4, 0.5) is 0 Å². The molecule has 0 unspecified atom stereocenters. The monoisotopic (exact) mass is 583 g/mol. The molecule has 0 spiro atoms. The molecule has 0 aliphatic carbocycles. The number of aliphatic hydroxyl groups is 7. The Morgan fingerprint density at radius 2 is 1.55 bits per heavy atom. The molecule has 0 amide bonds. The molecule has 11 N–H and O–H groups in total. The van der Waals surface area contributed by atoms with Crippen LogP contribution in [0.5, 0.6) is 0 Å². The largest absolute Gasteiger partial charge is 0.394 e. The molecular formula is C21H33N3O12S2. The molecule has 216 valence electrons. The first-order valence-corrected chi connectivity index (χ1v) is 13.6. The Balaban J connectivity index is 1.54. The summed E-state index contributed by atoms with van der Waals surface area (Å²) >= 11 is 5.20. The molecule has 2 aliphatic heterocycles. The molecule has 0 aromatic heterocycles. The number of aliphatic hydroxyl groups excluding tert-OH is 7. The topological polar surface area (TPSA) is 254 Å². The Morgan fingerprint density at radius 1 is 0.921 bits per heavy atom. The molecule has 2 aliphatic rings. The second kappa shape index (κ2) is 13.2. The summed E-state index contributed by atoms with van der Waals surface area (Å²) in [7, 11) is -3.79. The Hall–Kier alpha value is -1.58. The molecule has 0 bridgehead atoms. The first kappa shape index (κ1) is 31.0. The number of nitrogens with one attached hydrogen (secondary N) is 2. The first-order valence-electron chi connectivity index (χ1n) is 11.6. The molecule has 1 aromatic carbocycles. The van der Waals surface area contributed by atoms with Crippen LogP contribution < -0.4 is 15.8 Å². The van der Waals surface area contributed by atoms with Crippen LogP contribution in [0, 0.1) is 0 Å². The van der Waals surface area contributed by atoms with Gasteiger partial charge in [-0.15, -0.1) is 0 Å². The number of thiocarbonyl (C=S) groups is 1. The molecule has 3 rings (SSSR count). The van der Waals surface area contributed by atoms with Gasteiger partial charge in [-0.1, -0.05) is 12.1 Å². The van der Waals surface area contributed by atoms with E-state index in [0.29, 0.717) is 13.0 Å². The molecule has 17 heteroatoms. The highest BCUT2D eigenvalue weighted by molar-refractivity contribution is 7.89. The summed E-state index contributed by atoms with van der Waals surface area (Å²) in [6.45, 7) is -1.06. The second-order valence-corrected chi connectivity index (χ2v) is 10.9.